The van der Waals surface area contributed by atoms with Crippen molar-refractivity contribution < 1.29 is 5.11 Å². The lowest BCUT2D eigenvalue weighted by molar-refractivity contribution is 0.183. The van der Waals surface area contributed by atoms with Crippen LogP contribution in [0.2, 0.25) is 0 Å². The summed E-state index contributed by atoms with van der Waals surface area (Å²) in [6, 6.07) is 14.0. The number of aromatic nitrogens is 1. The maximum Gasteiger partial charge on any atom is 0.191 e. The minimum atomic E-state index is -0.475. The van der Waals surface area contributed by atoms with Gasteiger partial charge < -0.3 is 20.3 Å². The third-order valence-corrected chi connectivity index (χ3v) is 3.45. The molecule has 1 atom stereocenters. The van der Waals surface area contributed by atoms with E-state index in [9.17, 15) is 5.11 Å². The molecule has 24 heavy (non-hydrogen) atoms. The Balaban J connectivity index is 0.00000288. The Morgan fingerprint density at radius 1 is 1.12 bits per heavy atom. The number of hydrogen-bond donors (Lipinski definition) is 3. The van der Waals surface area contributed by atoms with Gasteiger partial charge in [0.1, 0.15) is 0 Å². The highest BCUT2D eigenvalue weighted by Crippen LogP contribution is 2.03. The predicted octanol–water partition coefficient (Wildman–Crippen LogP) is 2.26. The number of rotatable bonds is 8. The second-order valence-corrected chi connectivity index (χ2v) is 5.41. The summed E-state index contributed by atoms with van der Waals surface area (Å²) in [7, 11) is 0. The van der Waals surface area contributed by atoms with Crippen molar-refractivity contribution in [1.29, 1.82) is 0 Å². The van der Waals surface area contributed by atoms with E-state index < -0.39 is 6.10 Å². The molecule has 1 unspecified atom stereocenters. The second kappa shape index (κ2) is 11.9. The average Bonchev–Trinajstić information content (AvgIpc) is 3.07. The minimum absolute atomic E-state index is 0. The van der Waals surface area contributed by atoms with Gasteiger partial charge in [0.25, 0.3) is 0 Å². The van der Waals surface area contributed by atoms with Crippen LogP contribution in [-0.2, 0) is 13.0 Å². The van der Waals surface area contributed by atoms with Gasteiger partial charge in [-0.2, -0.15) is 0 Å². The van der Waals surface area contributed by atoms with E-state index in [0.717, 1.165) is 31.2 Å². The largest absolute Gasteiger partial charge is 0.391 e. The molecule has 1 aromatic carbocycles. The Labute approximate surface area is 161 Å². The summed E-state index contributed by atoms with van der Waals surface area (Å²) in [4.78, 5) is 4.46. The fourth-order valence-electron chi connectivity index (χ4n) is 2.31. The van der Waals surface area contributed by atoms with Crippen molar-refractivity contribution in [3.05, 3.63) is 60.4 Å². The number of halogens is 1. The van der Waals surface area contributed by atoms with Crippen molar-refractivity contribution in [2.45, 2.75) is 26.0 Å². The number of aliphatic hydroxyl groups excluding tert-OH is 1. The molecule has 0 aliphatic carbocycles. The molecule has 0 saturated heterocycles. The molecule has 0 radical (unpaired) electrons. The van der Waals surface area contributed by atoms with Crippen LogP contribution in [0.5, 0.6) is 0 Å². The minimum Gasteiger partial charge on any atom is -0.391 e. The Morgan fingerprint density at radius 2 is 1.83 bits per heavy atom. The summed E-state index contributed by atoms with van der Waals surface area (Å²) in [5.41, 5.74) is 1.13. The average molecular weight is 442 g/mol. The summed E-state index contributed by atoms with van der Waals surface area (Å²) in [6.45, 7) is 4.88. The SMILES string of the molecule is CCNC(=NCC(O)Cc1ccccc1)NCCn1cccc1.I. The van der Waals surface area contributed by atoms with Crippen LogP contribution in [0.1, 0.15) is 12.5 Å². The molecule has 1 heterocycles. The van der Waals surface area contributed by atoms with E-state index in [-0.39, 0.29) is 24.0 Å². The lowest BCUT2D eigenvalue weighted by Gasteiger charge is -2.13. The van der Waals surface area contributed by atoms with Gasteiger partial charge in [0, 0.05) is 38.4 Å². The molecule has 0 aliphatic rings. The number of aliphatic hydroxyl groups is 1. The van der Waals surface area contributed by atoms with Crippen LogP contribution in [0.3, 0.4) is 0 Å². The van der Waals surface area contributed by atoms with Gasteiger partial charge in [0.15, 0.2) is 5.96 Å². The third-order valence-electron chi connectivity index (χ3n) is 3.45. The number of nitrogens with zero attached hydrogens (tertiary/aromatic N) is 2. The van der Waals surface area contributed by atoms with E-state index in [1.165, 1.54) is 0 Å². The van der Waals surface area contributed by atoms with E-state index in [1.807, 2.05) is 61.8 Å². The molecule has 0 saturated carbocycles. The maximum atomic E-state index is 10.1. The lowest BCUT2D eigenvalue weighted by Crippen LogP contribution is -2.39. The highest BCUT2D eigenvalue weighted by molar-refractivity contribution is 14.0. The molecule has 0 aliphatic heterocycles. The summed E-state index contributed by atoms with van der Waals surface area (Å²) in [5.74, 6) is 0.742. The smallest absolute Gasteiger partial charge is 0.191 e. The molecule has 5 nitrogen and oxygen atoms in total. The molecule has 132 valence electrons. The van der Waals surface area contributed by atoms with Crippen LogP contribution >= 0.6 is 24.0 Å². The normalized spacial score (nSPS) is 12.3. The molecule has 3 N–H and O–H groups in total. The first-order valence-corrected chi connectivity index (χ1v) is 8.13. The fourth-order valence-corrected chi connectivity index (χ4v) is 2.31. The first kappa shape index (κ1) is 20.5. The molecule has 0 spiro atoms. The third kappa shape index (κ3) is 7.83. The Bertz CT molecular complexity index is 572. The summed E-state index contributed by atoms with van der Waals surface area (Å²) in [5, 5.41) is 16.6. The lowest BCUT2D eigenvalue weighted by atomic mass is 10.1. The van der Waals surface area contributed by atoms with Crippen LogP contribution in [0.15, 0.2) is 59.9 Å². The summed E-state index contributed by atoms with van der Waals surface area (Å²) in [6.07, 6.45) is 4.22. The van der Waals surface area contributed by atoms with Crippen molar-refractivity contribution >= 4 is 29.9 Å². The van der Waals surface area contributed by atoms with Gasteiger partial charge in [-0.25, -0.2) is 0 Å². The summed E-state index contributed by atoms with van der Waals surface area (Å²) < 4.78 is 2.11. The van der Waals surface area contributed by atoms with Gasteiger partial charge in [0.05, 0.1) is 12.6 Å². The molecule has 0 amide bonds. The number of guanidine groups is 1. The summed E-state index contributed by atoms with van der Waals surface area (Å²) >= 11 is 0. The van der Waals surface area contributed by atoms with Crippen LogP contribution in [0.25, 0.3) is 0 Å². The molecule has 1 aromatic heterocycles. The van der Waals surface area contributed by atoms with Crippen molar-refractivity contribution in [3.63, 3.8) is 0 Å². The van der Waals surface area contributed by atoms with Crippen LogP contribution in [-0.4, -0.2) is 41.4 Å². The van der Waals surface area contributed by atoms with Crippen molar-refractivity contribution in [2.75, 3.05) is 19.6 Å². The molecule has 0 bridgehead atoms. The topological polar surface area (TPSA) is 61.6 Å². The molecule has 6 heteroatoms. The first-order chi connectivity index (χ1) is 11.3. The molecule has 2 aromatic rings. The maximum absolute atomic E-state index is 10.1. The highest BCUT2D eigenvalue weighted by atomic mass is 127. The zero-order chi connectivity index (χ0) is 16.3. The molecular formula is C18H27IN4O. The van der Waals surface area contributed by atoms with Crippen molar-refractivity contribution in [3.8, 4) is 0 Å². The first-order valence-electron chi connectivity index (χ1n) is 8.13. The van der Waals surface area contributed by atoms with E-state index in [2.05, 4.69) is 20.2 Å². The Hall–Kier alpha value is -1.54. The van der Waals surface area contributed by atoms with Gasteiger partial charge in [-0.1, -0.05) is 30.3 Å². The zero-order valence-corrected chi connectivity index (χ0v) is 16.4. The molecule has 0 fully saturated rings. The standard InChI is InChI=1S/C18H26N4O.HI/c1-2-19-18(20-10-13-22-11-6-7-12-22)21-15-17(23)14-16-8-4-3-5-9-16;/h3-9,11-12,17,23H,2,10,13-15H2,1H3,(H2,19,20,21);1H. The van der Waals surface area contributed by atoms with Gasteiger partial charge in [-0.15, -0.1) is 24.0 Å². The number of aliphatic imine (C=N–C) groups is 1. The second-order valence-electron chi connectivity index (χ2n) is 5.41. The monoisotopic (exact) mass is 442 g/mol. The number of nitrogens with one attached hydrogen (secondary N) is 2. The van der Waals surface area contributed by atoms with E-state index in [1.54, 1.807) is 0 Å². The van der Waals surface area contributed by atoms with Crippen LogP contribution in [0.4, 0.5) is 0 Å². The predicted molar refractivity (Wildman–Crippen MR) is 110 cm³/mol. The van der Waals surface area contributed by atoms with Crippen LogP contribution in [0, 0.1) is 0 Å². The molecular weight excluding hydrogens is 415 g/mol. The number of benzene rings is 1. The van der Waals surface area contributed by atoms with E-state index >= 15 is 0 Å². The van der Waals surface area contributed by atoms with Gasteiger partial charge in [-0.05, 0) is 24.6 Å². The van der Waals surface area contributed by atoms with Crippen molar-refractivity contribution in [1.82, 2.24) is 15.2 Å². The van der Waals surface area contributed by atoms with Crippen LogP contribution < -0.4 is 10.6 Å². The zero-order valence-electron chi connectivity index (χ0n) is 14.1. The quantitative estimate of drug-likeness (QED) is 0.334. The fraction of sp³-hybridized carbons (Fsp3) is 0.389. The van der Waals surface area contributed by atoms with E-state index in [4.69, 9.17) is 0 Å². The van der Waals surface area contributed by atoms with Gasteiger partial charge in [0.2, 0.25) is 0 Å². The van der Waals surface area contributed by atoms with Gasteiger partial charge >= 0.3 is 0 Å². The van der Waals surface area contributed by atoms with Crippen molar-refractivity contribution in [2.24, 2.45) is 4.99 Å². The highest BCUT2D eigenvalue weighted by Gasteiger charge is 2.05. The van der Waals surface area contributed by atoms with E-state index in [0.29, 0.717) is 13.0 Å². The Morgan fingerprint density at radius 3 is 2.50 bits per heavy atom. The molecule has 2 rings (SSSR count). The Kier molecular flexibility index (Phi) is 10.2. The van der Waals surface area contributed by atoms with Gasteiger partial charge in [-0.3, -0.25) is 4.99 Å². The number of hydrogen-bond acceptors (Lipinski definition) is 2.